The van der Waals surface area contributed by atoms with Gasteiger partial charge in [0.1, 0.15) is 0 Å². The monoisotopic (exact) mass is 230 g/mol. The number of aromatic nitrogens is 3. The first-order valence-electron chi connectivity index (χ1n) is 4.48. The van der Waals surface area contributed by atoms with E-state index in [1.54, 1.807) is 11.6 Å². The van der Waals surface area contributed by atoms with Gasteiger partial charge in [-0.05, 0) is 13.8 Å². The Morgan fingerprint density at radius 2 is 2.27 bits per heavy atom. The minimum atomic E-state index is -0.267. The lowest BCUT2D eigenvalue weighted by Gasteiger charge is -2.06. The first-order chi connectivity index (χ1) is 7.00. The summed E-state index contributed by atoms with van der Waals surface area (Å²) in [6.07, 6.45) is -0.0948. The summed E-state index contributed by atoms with van der Waals surface area (Å²) < 4.78 is 6.59. The van der Waals surface area contributed by atoms with E-state index >= 15 is 0 Å². The van der Waals surface area contributed by atoms with Crippen molar-refractivity contribution in [2.24, 2.45) is 7.05 Å². The van der Waals surface area contributed by atoms with Crippen LogP contribution in [0.3, 0.4) is 0 Å². The molecule has 15 heavy (non-hydrogen) atoms. The standard InChI is InChI=1S/C8H14N4O2S/c1-5(2)14-6(13)4-15-8-11-10-7(9)12(8)3/h5H,4H2,1-3H3,(H2,9,10). The number of nitrogen functional groups attached to an aromatic ring is 1. The number of ether oxygens (including phenoxy) is 1. The molecular weight excluding hydrogens is 216 g/mol. The van der Waals surface area contributed by atoms with Gasteiger partial charge in [-0.3, -0.25) is 9.36 Å². The number of anilines is 1. The molecular formula is C8H14N4O2S. The van der Waals surface area contributed by atoms with Crippen LogP contribution < -0.4 is 5.73 Å². The van der Waals surface area contributed by atoms with Gasteiger partial charge in [0.2, 0.25) is 5.95 Å². The van der Waals surface area contributed by atoms with Crippen molar-refractivity contribution in [1.29, 1.82) is 0 Å². The third kappa shape index (κ3) is 3.43. The van der Waals surface area contributed by atoms with Crippen LogP contribution in [-0.4, -0.2) is 32.6 Å². The molecule has 0 aromatic carbocycles. The highest BCUT2D eigenvalue weighted by atomic mass is 32.2. The highest BCUT2D eigenvalue weighted by molar-refractivity contribution is 7.99. The maximum atomic E-state index is 11.2. The zero-order chi connectivity index (χ0) is 11.4. The topological polar surface area (TPSA) is 83.0 Å². The van der Waals surface area contributed by atoms with Crippen LogP contribution in [0.1, 0.15) is 13.8 Å². The average molecular weight is 230 g/mol. The molecule has 7 heteroatoms. The molecule has 6 nitrogen and oxygen atoms in total. The van der Waals surface area contributed by atoms with Crippen molar-refractivity contribution in [2.75, 3.05) is 11.5 Å². The molecule has 84 valence electrons. The van der Waals surface area contributed by atoms with Gasteiger partial charge in [0.15, 0.2) is 5.16 Å². The van der Waals surface area contributed by atoms with E-state index in [-0.39, 0.29) is 17.8 Å². The van der Waals surface area contributed by atoms with Crippen LogP contribution >= 0.6 is 11.8 Å². The molecule has 0 atom stereocenters. The average Bonchev–Trinajstić information content (AvgIpc) is 2.44. The van der Waals surface area contributed by atoms with Crippen LogP contribution in [0.2, 0.25) is 0 Å². The van der Waals surface area contributed by atoms with Crippen molar-refractivity contribution in [3.05, 3.63) is 0 Å². The number of esters is 1. The smallest absolute Gasteiger partial charge is 0.316 e. The van der Waals surface area contributed by atoms with Crippen LogP contribution in [0.25, 0.3) is 0 Å². The summed E-state index contributed by atoms with van der Waals surface area (Å²) in [7, 11) is 1.74. The SMILES string of the molecule is CC(C)OC(=O)CSc1nnc(N)n1C. The minimum Gasteiger partial charge on any atom is -0.462 e. The molecule has 0 aliphatic rings. The first-order valence-corrected chi connectivity index (χ1v) is 5.46. The van der Waals surface area contributed by atoms with Gasteiger partial charge in [-0.15, -0.1) is 10.2 Å². The number of carbonyl (C=O) groups is 1. The van der Waals surface area contributed by atoms with E-state index < -0.39 is 0 Å². The number of nitrogens with two attached hydrogens (primary N) is 1. The third-order valence-electron chi connectivity index (χ3n) is 1.55. The van der Waals surface area contributed by atoms with Crippen LogP contribution in [-0.2, 0) is 16.6 Å². The van der Waals surface area contributed by atoms with Crippen LogP contribution in [0.4, 0.5) is 5.95 Å². The van der Waals surface area contributed by atoms with Gasteiger partial charge in [0, 0.05) is 7.05 Å². The van der Waals surface area contributed by atoms with E-state index in [0.29, 0.717) is 11.1 Å². The molecule has 1 heterocycles. The van der Waals surface area contributed by atoms with E-state index in [9.17, 15) is 4.79 Å². The van der Waals surface area contributed by atoms with Crippen molar-refractivity contribution >= 4 is 23.7 Å². The van der Waals surface area contributed by atoms with Crippen molar-refractivity contribution < 1.29 is 9.53 Å². The van der Waals surface area contributed by atoms with Crippen molar-refractivity contribution in [1.82, 2.24) is 14.8 Å². The lowest BCUT2D eigenvalue weighted by molar-refractivity contribution is -0.144. The van der Waals surface area contributed by atoms with Gasteiger partial charge in [-0.25, -0.2) is 0 Å². The van der Waals surface area contributed by atoms with Gasteiger partial charge in [0.25, 0.3) is 0 Å². The normalized spacial score (nSPS) is 10.7. The minimum absolute atomic E-state index is 0.0948. The Balaban J connectivity index is 2.44. The summed E-state index contributed by atoms with van der Waals surface area (Å²) in [5.74, 6) is 0.274. The lowest BCUT2D eigenvalue weighted by Crippen LogP contribution is -2.13. The van der Waals surface area contributed by atoms with E-state index in [2.05, 4.69) is 10.2 Å². The molecule has 0 radical (unpaired) electrons. The first kappa shape index (κ1) is 11.8. The van der Waals surface area contributed by atoms with Gasteiger partial charge in [-0.2, -0.15) is 0 Å². The quantitative estimate of drug-likeness (QED) is 0.597. The number of hydrogen-bond donors (Lipinski definition) is 1. The molecule has 0 fully saturated rings. The van der Waals surface area contributed by atoms with E-state index in [1.807, 2.05) is 13.8 Å². The molecule has 0 saturated carbocycles. The Morgan fingerprint density at radius 3 is 2.73 bits per heavy atom. The maximum absolute atomic E-state index is 11.2. The highest BCUT2D eigenvalue weighted by Gasteiger charge is 2.10. The largest absolute Gasteiger partial charge is 0.462 e. The fourth-order valence-electron chi connectivity index (χ4n) is 0.872. The molecule has 0 spiro atoms. The summed E-state index contributed by atoms with van der Waals surface area (Å²) in [6, 6.07) is 0. The van der Waals surface area contributed by atoms with Crippen LogP contribution in [0, 0.1) is 0 Å². The molecule has 0 saturated heterocycles. The highest BCUT2D eigenvalue weighted by Crippen LogP contribution is 2.16. The van der Waals surface area contributed by atoms with Gasteiger partial charge < -0.3 is 10.5 Å². The summed E-state index contributed by atoms with van der Waals surface area (Å²) in [6.45, 7) is 3.62. The van der Waals surface area contributed by atoms with E-state index in [1.165, 1.54) is 11.8 Å². The molecule has 1 aromatic heterocycles. The summed E-state index contributed by atoms with van der Waals surface area (Å²) in [5, 5.41) is 8.09. The summed E-state index contributed by atoms with van der Waals surface area (Å²) >= 11 is 1.25. The molecule has 0 unspecified atom stereocenters. The second kappa shape index (κ2) is 5.01. The summed E-state index contributed by atoms with van der Waals surface area (Å²) in [4.78, 5) is 11.2. The van der Waals surface area contributed by atoms with E-state index in [4.69, 9.17) is 10.5 Å². The zero-order valence-corrected chi connectivity index (χ0v) is 9.74. The molecule has 0 bridgehead atoms. The number of thioether (sulfide) groups is 1. The Morgan fingerprint density at radius 1 is 1.60 bits per heavy atom. The number of rotatable bonds is 4. The third-order valence-corrected chi connectivity index (χ3v) is 2.55. The van der Waals surface area contributed by atoms with Gasteiger partial charge in [-0.1, -0.05) is 11.8 Å². The van der Waals surface area contributed by atoms with Crippen molar-refractivity contribution in [3.8, 4) is 0 Å². The fourth-order valence-corrected chi connectivity index (χ4v) is 1.57. The Kier molecular flexibility index (Phi) is 3.96. The lowest BCUT2D eigenvalue weighted by atomic mass is 10.5. The fraction of sp³-hybridized carbons (Fsp3) is 0.625. The second-order valence-corrected chi connectivity index (χ2v) is 4.17. The molecule has 0 amide bonds. The molecule has 0 aliphatic carbocycles. The van der Waals surface area contributed by atoms with Gasteiger partial charge in [0.05, 0.1) is 11.9 Å². The predicted molar refractivity (Wildman–Crippen MR) is 57.4 cm³/mol. The Bertz CT molecular complexity index is 350. The molecule has 0 aliphatic heterocycles. The second-order valence-electron chi connectivity index (χ2n) is 3.23. The Hall–Kier alpha value is -1.24. The number of carbonyl (C=O) groups excluding carboxylic acids is 1. The molecule has 1 rings (SSSR count). The van der Waals surface area contributed by atoms with Gasteiger partial charge >= 0.3 is 5.97 Å². The molecule has 1 aromatic rings. The van der Waals surface area contributed by atoms with Crippen LogP contribution in [0.15, 0.2) is 5.16 Å². The van der Waals surface area contributed by atoms with Crippen LogP contribution in [0.5, 0.6) is 0 Å². The van der Waals surface area contributed by atoms with Crippen molar-refractivity contribution in [2.45, 2.75) is 25.1 Å². The Labute approximate surface area is 92.2 Å². The number of nitrogens with zero attached hydrogens (tertiary/aromatic N) is 3. The van der Waals surface area contributed by atoms with E-state index in [0.717, 1.165) is 0 Å². The molecule has 2 N–H and O–H groups in total. The maximum Gasteiger partial charge on any atom is 0.316 e. The summed E-state index contributed by atoms with van der Waals surface area (Å²) in [5.41, 5.74) is 5.49. The number of hydrogen-bond acceptors (Lipinski definition) is 6. The predicted octanol–water partition coefficient (Wildman–Crippen LogP) is 0.441. The zero-order valence-electron chi connectivity index (χ0n) is 8.93. The van der Waals surface area contributed by atoms with Crippen molar-refractivity contribution in [3.63, 3.8) is 0 Å².